The van der Waals surface area contributed by atoms with Crippen LogP contribution in [0.1, 0.15) is 120 Å². The van der Waals surface area contributed by atoms with Gasteiger partial charge in [-0.15, -0.1) is 0 Å². The number of hydrogen-bond donors (Lipinski definition) is 5. The van der Waals surface area contributed by atoms with Crippen molar-refractivity contribution in [3.63, 3.8) is 0 Å². The Morgan fingerprint density at radius 3 is 1.68 bits per heavy atom. The van der Waals surface area contributed by atoms with E-state index in [1.807, 2.05) is 45.9 Å². The largest absolute Gasteiger partial charge is 0.444 e. The molecule has 0 heterocycles. The fraction of sp³-hybridized carbons (Fsp3) is 0.700. The number of carbonyl (C=O) groups is 5. The molecule has 5 amide bonds. The van der Waals surface area contributed by atoms with Crippen LogP contribution in [-0.4, -0.2) is 103 Å². The van der Waals surface area contributed by atoms with Crippen LogP contribution in [0.2, 0.25) is 0 Å². The molecule has 0 aliphatic rings. The molecule has 16 heteroatoms. The molecule has 1 aromatic rings. The Kier molecular flexibility index (Phi) is 22.0. The van der Waals surface area contributed by atoms with Crippen LogP contribution in [0.3, 0.4) is 0 Å². The van der Waals surface area contributed by atoms with E-state index in [9.17, 15) is 28.4 Å². The summed E-state index contributed by atoms with van der Waals surface area (Å²) in [6, 6.07) is 9.94. The summed E-state index contributed by atoms with van der Waals surface area (Å²) in [4.78, 5) is 67.7. The maximum absolute atomic E-state index is 14.6. The first-order valence-electron chi connectivity index (χ1n) is 19.5. The molecule has 0 saturated carbocycles. The fourth-order valence-electron chi connectivity index (χ4n) is 4.94. The molecule has 318 valence electrons. The van der Waals surface area contributed by atoms with Gasteiger partial charge in [-0.1, -0.05) is 43.2 Å². The number of alkyl carbamates (subject to hydrolysis) is 3. The second kappa shape index (κ2) is 24.9. The number of hydrogen-bond acceptors (Lipinski definition) is 10. The van der Waals surface area contributed by atoms with Gasteiger partial charge < -0.3 is 30.2 Å². The second-order valence-electron chi connectivity index (χ2n) is 16.6. The van der Waals surface area contributed by atoms with Gasteiger partial charge in [0.15, 0.2) is 0 Å². The number of ether oxygens (including phenoxy) is 3. The molecule has 0 aromatic heterocycles. The second-order valence-corrected chi connectivity index (χ2v) is 16.6. The van der Waals surface area contributed by atoms with Gasteiger partial charge in [0.1, 0.15) is 16.8 Å². The van der Waals surface area contributed by atoms with Gasteiger partial charge >= 0.3 is 18.3 Å². The summed E-state index contributed by atoms with van der Waals surface area (Å²) in [7, 11) is 0. The Morgan fingerprint density at radius 2 is 1.16 bits per heavy atom. The summed E-state index contributed by atoms with van der Waals surface area (Å²) < 4.78 is 30.4. The number of carbonyl (C=O) groups excluding carboxylic acids is 5. The fourth-order valence-corrected chi connectivity index (χ4v) is 4.94. The van der Waals surface area contributed by atoms with Crippen LogP contribution < -0.4 is 26.6 Å². The topological polar surface area (TPSA) is 189 Å². The lowest BCUT2D eigenvalue weighted by Crippen LogP contribution is -2.47. The van der Waals surface area contributed by atoms with Gasteiger partial charge in [-0.2, -0.15) is 0 Å². The van der Waals surface area contributed by atoms with Crippen LogP contribution in [0.25, 0.3) is 0 Å². The van der Waals surface area contributed by atoms with Crippen LogP contribution in [0.5, 0.6) is 0 Å². The molecule has 0 radical (unpaired) electrons. The lowest BCUT2D eigenvalue weighted by Gasteiger charge is -2.25. The highest BCUT2D eigenvalue weighted by Crippen LogP contribution is 2.11. The van der Waals surface area contributed by atoms with Gasteiger partial charge in [-0.25, -0.2) is 18.8 Å². The van der Waals surface area contributed by atoms with Crippen molar-refractivity contribution in [3.8, 4) is 0 Å². The molecular weight excluding hydrogens is 725 g/mol. The van der Waals surface area contributed by atoms with E-state index in [2.05, 4.69) is 48.6 Å². The third kappa shape index (κ3) is 26.4. The molecule has 0 bridgehead atoms. The number of halogens is 1. The summed E-state index contributed by atoms with van der Waals surface area (Å²) in [5.74, 6) is -2.06. The number of guanidine groups is 1. The molecule has 0 aliphatic carbocycles. The highest BCUT2D eigenvalue weighted by molar-refractivity contribution is 6.03. The lowest BCUT2D eigenvalue weighted by molar-refractivity contribution is -0.136. The van der Waals surface area contributed by atoms with E-state index < -0.39 is 53.1 Å². The first-order chi connectivity index (χ1) is 26.0. The Morgan fingerprint density at radius 1 is 0.679 bits per heavy atom. The van der Waals surface area contributed by atoms with E-state index in [1.165, 1.54) is 0 Å². The number of benzene rings is 1. The van der Waals surface area contributed by atoms with Crippen LogP contribution in [0.4, 0.5) is 18.8 Å². The quantitative estimate of drug-likeness (QED) is 0.0341. The van der Waals surface area contributed by atoms with E-state index >= 15 is 0 Å². The third-order valence-electron chi connectivity index (χ3n) is 7.44. The Hall–Kier alpha value is -4.47. The summed E-state index contributed by atoms with van der Waals surface area (Å²) in [6.07, 6.45) is 0.262. The van der Waals surface area contributed by atoms with E-state index in [0.717, 1.165) is 25.1 Å². The van der Waals surface area contributed by atoms with Gasteiger partial charge in [0, 0.05) is 38.8 Å². The van der Waals surface area contributed by atoms with E-state index in [-0.39, 0.29) is 31.6 Å². The predicted molar refractivity (Wildman–Crippen MR) is 215 cm³/mol. The Bertz CT molecular complexity index is 1360. The maximum atomic E-state index is 14.6. The zero-order chi connectivity index (χ0) is 42.4. The van der Waals surface area contributed by atoms with Crippen LogP contribution in [-0.2, 0) is 30.3 Å². The summed E-state index contributed by atoms with van der Waals surface area (Å²) in [5, 5.41) is 12.7. The summed E-state index contributed by atoms with van der Waals surface area (Å²) in [5.41, 5.74) is -0.920. The molecular formula is C40H68FN7O8. The minimum Gasteiger partial charge on any atom is -0.444 e. The van der Waals surface area contributed by atoms with Crippen LogP contribution in [0, 0.1) is 0 Å². The van der Waals surface area contributed by atoms with E-state index in [4.69, 9.17) is 14.2 Å². The first-order valence-corrected chi connectivity index (χ1v) is 19.5. The van der Waals surface area contributed by atoms with Crippen molar-refractivity contribution in [1.82, 2.24) is 31.5 Å². The SMILES string of the molecule is CC(CCN(CCCCNC(=O)C(F)C(=O)NCCCCCCN=C(NC(=O)OC(C)(C)C)NC(=O)OC(C)(C)C)Cc1ccccc1)NC(=O)OC(C)(C)C. The predicted octanol–water partition coefficient (Wildman–Crippen LogP) is 6.11. The normalized spacial score (nSPS) is 12.8. The van der Waals surface area contributed by atoms with Crippen molar-refractivity contribution in [1.29, 1.82) is 0 Å². The smallest absolute Gasteiger partial charge is 0.414 e. The number of aliphatic imine (C=N–C) groups is 1. The number of alkyl halides is 1. The highest BCUT2D eigenvalue weighted by atomic mass is 19.1. The molecule has 2 unspecified atom stereocenters. The summed E-state index contributed by atoms with van der Waals surface area (Å²) in [6.45, 7) is 20.5. The lowest BCUT2D eigenvalue weighted by atomic mass is 10.1. The molecule has 0 spiro atoms. The van der Waals surface area contributed by atoms with Crippen LogP contribution >= 0.6 is 0 Å². The average molecular weight is 794 g/mol. The van der Waals surface area contributed by atoms with Crippen molar-refractivity contribution in [2.75, 3.05) is 32.7 Å². The number of nitrogens with zero attached hydrogens (tertiary/aromatic N) is 2. The average Bonchev–Trinajstić information content (AvgIpc) is 3.05. The van der Waals surface area contributed by atoms with Crippen molar-refractivity contribution < 1.29 is 42.6 Å². The first kappa shape index (κ1) is 49.5. The highest BCUT2D eigenvalue weighted by Gasteiger charge is 2.25. The van der Waals surface area contributed by atoms with Crippen molar-refractivity contribution in [2.45, 2.75) is 150 Å². The van der Waals surface area contributed by atoms with Crippen molar-refractivity contribution >= 4 is 36.1 Å². The molecule has 0 saturated heterocycles. The van der Waals surface area contributed by atoms with Gasteiger partial charge in [-0.3, -0.25) is 30.1 Å². The monoisotopic (exact) mass is 794 g/mol. The number of unbranched alkanes of at least 4 members (excludes halogenated alkanes) is 4. The molecule has 56 heavy (non-hydrogen) atoms. The van der Waals surface area contributed by atoms with E-state index in [1.54, 1.807) is 41.5 Å². The minimum absolute atomic E-state index is 0.0965. The zero-order valence-corrected chi connectivity index (χ0v) is 35.3. The molecule has 15 nitrogen and oxygen atoms in total. The molecule has 5 N–H and O–H groups in total. The number of amides is 5. The van der Waals surface area contributed by atoms with Crippen molar-refractivity contribution in [2.24, 2.45) is 4.99 Å². The van der Waals surface area contributed by atoms with Gasteiger partial charge in [0.25, 0.3) is 18.0 Å². The molecule has 1 rings (SSSR count). The Balaban J connectivity index is 2.42. The molecule has 0 fully saturated rings. The van der Waals surface area contributed by atoms with Gasteiger partial charge in [0.05, 0.1) is 0 Å². The maximum Gasteiger partial charge on any atom is 0.414 e. The van der Waals surface area contributed by atoms with Crippen molar-refractivity contribution in [3.05, 3.63) is 35.9 Å². The minimum atomic E-state index is -2.31. The van der Waals surface area contributed by atoms with Gasteiger partial charge in [-0.05, 0) is 113 Å². The molecule has 0 aliphatic heterocycles. The molecule has 2 atom stereocenters. The van der Waals surface area contributed by atoms with Gasteiger partial charge in [0.2, 0.25) is 5.96 Å². The summed E-state index contributed by atoms with van der Waals surface area (Å²) >= 11 is 0. The zero-order valence-electron chi connectivity index (χ0n) is 35.3. The van der Waals surface area contributed by atoms with E-state index in [0.29, 0.717) is 45.1 Å². The standard InChI is InChI=1S/C40H68FN7O8/c1-29(45-35(51)54-38(2,3)4)22-27-48(28-30-20-14-13-15-21-30)26-19-18-24-43-33(50)31(41)32(49)42-23-16-11-12-17-25-44-34(46-36(52)55-39(5,6)7)47-37(53)56-40(8,9)10/h13-15,20-21,29,31H,11-12,16-19,22-28H2,1-10H3,(H,42,49)(H,43,50)(H,45,51)(H2,44,46,47,52,53). The molecule has 1 aromatic carbocycles. The number of nitrogens with one attached hydrogen (secondary N) is 5. The van der Waals surface area contributed by atoms with Crippen LogP contribution in [0.15, 0.2) is 35.3 Å². The Labute approximate surface area is 333 Å². The third-order valence-corrected chi connectivity index (χ3v) is 7.44. The number of rotatable bonds is 20.